The molecule has 0 saturated carbocycles. The molecule has 0 aromatic heterocycles. The van der Waals surface area contributed by atoms with Crippen molar-refractivity contribution in [2.24, 2.45) is 4.99 Å². The van der Waals surface area contributed by atoms with E-state index in [1.807, 2.05) is 27.7 Å². The van der Waals surface area contributed by atoms with E-state index in [1.54, 1.807) is 6.92 Å². The normalized spacial score (nSPS) is 22.7. The molecular formula is C17H26N4O4S2. The van der Waals surface area contributed by atoms with Crippen LogP contribution in [0.1, 0.15) is 34.6 Å². The van der Waals surface area contributed by atoms with Gasteiger partial charge in [0.05, 0.1) is 5.75 Å². The molecule has 27 heavy (non-hydrogen) atoms. The number of thioether (sulfide) groups is 2. The number of β-lactam (4-membered cyclic amide) rings is 1. The Bertz CT molecular complexity index is 690. The Balaban J connectivity index is 1.94. The summed E-state index contributed by atoms with van der Waals surface area (Å²) in [6.07, 6.45) is 0. The van der Waals surface area contributed by atoms with Gasteiger partial charge < -0.3 is 15.7 Å². The van der Waals surface area contributed by atoms with E-state index in [2.05, 4.69) is 15.6 Å². The maximum Gasteiger partial charge on any atom is 0.352 e. The smallest absolute Gasteiger partial charge is 0.352 e. The van der Waals surface area contributed by atoms with Crippen molar-refractivity contribution in [3.63, 3.8) is 0 Å². The van der Waals surface area contributed by atoms with E-state index in [9.17, 15) is 19.5 Å². The number of aliphatic carboxylic acids is 1. The van der Waals surface area contributed by atoms with Crippen LogP contribution in [-0.4, -0.2) is 68.0 Å². The van der Waals surface area contributed by atoms with Gasteiger partial charge in [-0.05, 0) is 40.2 Å². The molecule has 0 aliphatic carbocycles. The standard InChI is InChI=1S/C17H26N4O4S2/c1-8(2)18-17(19-9(3)4)27-7-11(22)20-12-14(23)21-13(16(24)25)10(5)6-26-15(12)21/h8-9,12,15H,6-7H2,1-5H3,(H,18,19)(H,20,22)(H,24,25)/t12-,15-/m1/s1. The van der Waals surface area contributed by atoms with Crippen LogP contribution < -0.4 is 10.6 Å². The van der Waals surface area contributed by atoms with E-state index in [0.717, 1.165) is 0 Å². The summed E-state index contributed by atoms with van der Waals surface area (Å²) < 4.78 is 0. The first-order valence-electron chi connectivity index (χ1n) is 8.76. The quantitative estimate of drug-likeness (QED) is 0.341. The summed E-state index contributed by atoms with van der Waals surface area (Å²) in [7, 11) is 0. The third-order valence-electron chi connectivity index (χ3n) is 3.81. The van der Waals surface area contributed by atoms with Crippen molar-refractivity contribution in [1.29, 1.82) is 0 Å². The van der Waals surface area contributed by atoms with Crippen molar-refractivity contribution in [2.45, 2.75) is 58.1 Å². The summed E-state index contributed by atoms with van der Waals surface area (Å²) in [5, 5.41) is 15.6. The molecule has 0 aromatic carbocycles. The van der Waals surface area contributed by atoms with Crippen LogP contribution in [-0.2, 0) is 14.4 Å². The van der Waals surface area contributed by atoms with Gasteiger partial charge in [0.1, 0.15) is 17.1 Å². The molecule has 0 spiro atoms. The molecule has 8 nitrogen and oxygen atoms in total. The first-order valence-corrected chi connectivity index (χ1v) is 10.8. The van der Waals surface area contributed by atoms with Gasteiger partial charge in [-0.1, -0.05) is 11.8 Å². The van der Waals surface area contributed by atoms with E-state index >= 15 is 0 Å². The van der Waals surface area contributed by atoms with Gasteiger partial charge in [-0.15, -0.1) is 11.8 Å². The van der Waals surface area contributed by atoms with Crippen molar-refractivity contribution in [1.82, 2.24) is 15.5 Å². The summed E-state index contributed by atoms with van der Waals surface area (Å²) >= 11 is 2.75. The number of carbonyl (C=O) groups excluding carboxylic acids is 2. The summed E-state index contributed by atoms with van der Waals surface area (Å²) in [5.41, 5.74) is 0.697. The molecule has 2 amide bonds. The van der Waals surface area contributed by atoms with Crippen molar-refractivity contribution in [2.75, 3.05) is 11.5 Å². The monoisotopic (exact) mass is 414 g/mol. The molecule has 1 saturated heterocycles. The minimum absolute atomic E-state index is 0.0381. The van der Waals surface area contributed by atoms with Crippen LogP contribution in [0.2, 0.25) is 0 Å². The minimum atomic E-state index is -1.11. The lowest BCUT2D eigenvalue weighted by Gasteiger charge is -2.49. The molecule has 150 valence electrons. The Labute approximate surface area is 167 Å². The molecule has 0 unspecified atom stereocenters. The number of carboxylic acids is 1. The van der Waals surface area contributed by atoms with Crippen LogP contribution in [0, 0.1) is 0 Å². The van der Waals surface area contributed by atoms with Crippen LogP contribution in [0.4, 0.5) is 0 Å². The second kappa shape index (κ2) is 9.01. The second-order valence-corrected chi connectivity index (χ2v) is 9.07. The van der Waals surface area contributed by atoms with Crippen LogP contribution >= 0.6 is 23.5 Å². The Morgan fingerprint density at radius 1 is 1.37 bits per heavy atom. The van der Waals surface area contributed by atoms with E-state index < -0.39 is 12.0 Å². The van der Waals surface area contributed by atoms with Crippen molar-refractivity contribution in [3.05, 3.63) is 11.3 Å². The first-order chi connectivity index (χ1) is 12.6. The number of rotatable bonds is 6. The third kappa shape index (κ3) is 5.19. The lowest BCUT2D eigenvalue weighted by molar-refractivity contribution is -0.150. The molecule has 0 aromatic rings. The van der Waals surface area contributed by atoms with Gasteiger partial charge in [0.15, 0.2) is 5.17 Å². The number of carbonyl (C=O) groups is 3. The highest BCUT2D eigenvalue weighted by molar-refractivity contribution is 8.14. The highest BCUT2D eigenvalue weighted by Gasteiger charge is 2.53. The minimum Gasteiger partial charge on any atom is -0.477 e. The second-order valence-electron chi connectivity index (χ2n) is 7.00. The number of hydrogen-bond acceptors (Lipinski definition) is 6. The summed E-state index contributed by atoms with van der Waals surface area (Å²) in [6, 6.07) is -0.385. The molecule has 3 N–H and O–H groups in total. The average molecular weight is 415 g/mol. The number of fused-ring (bicyclic) bond motifs is 1. The third-order valence-corrected chi connectivity index (χ3v) is 6.13. The van der Waals surface area contributed by atoms with Gasteiger partial charge in [0, 0.05) is 17.8 Å². The van der Waals surface area contributed by atoms with Gasteiger partial charge in [-0.2, -0.15) is 0 Å². The Hall–Kier alpha value is -1.68. The van der Waals surface area contributed by atoms with Crippen molar-refractivity contribution in [3.8, 4) is 0 Å². The number of amidine groups is 1. The Morgan fingerprint density at radius 2 is 2.04 bits per heavy atom. The zero-order chi connectivity index (χ0) is 20.3. The van der Waals surface area contributed by atoms with Crippen LogP contribution in [0.25, 0.3) is 0 Å². The number of aliphatic imine (C=N–C) groups is 1. The molecule has 10 heteroatoms. The highest BCUT2D eigenvalue weighted by Crippen LogP contribution is 2.40. The molecule has 0 bridgehead atoms. The first kappa shape index (κ1) is 21.6. The zero-order valence-electron chi connectivity index (χ0n) is 16.1. The molecule has 2 rings (SSSR count). The highest BCUT2D eigenvalue weighted by atomic mass is 32.2. The van der Waals surface area contributed by atoms with Crippen molar-refractivity contribution >= 4 is 46.5 Å². The fourth-order valence-corrected chi connectivity index (χ4v) is 4.97. The summed E-state index contributed by atoms with van der Waals surface area (Å²) in [6.45, 7) is 9.61. The zero-order valence-corrected chi connectivity index (χ0v) is 17.7. The molecule has 2 aliphatic heterocycles. The molecule has 2 heterocycles. The summed E-state index contributed by atoms with van der Waals surface area (Å²) in [5.74, 6) is -1.10. The van der Waals surface area contributed by atoms with E-state index in [1.165, 1.54) is 28.4 Å². The number of nitrogens with zero attached hydrogens (tertiary/aromatic N) is 2. The predicted octanol–water partition coefficient (Wildman–Crippen LogP) is 1.24. The topological polar surface area (TPSA) is 111 Å². The van der Waals surface area contributed by atoms with Gasteiger partial charge in [0.2, 0.25) is 5.91 Å². The van der Waals surface area contributed by atoms with Crippen LogP contribution in [0.5, 0.6) is 0 Å². The van der Waals surface area contributed by atoms with Gasteiger partial charge in [-0.3, -0.25) is 19.5 Å². The maximum absolute atomic E-state index is 12.4. The van der Waals surface area contributed by atoms with E-state index in [0.29, 0.717) is 16.5 Å². The lowest BCUT2D eigenvalue weighted by Crippen LogP contribution is -2.70. The average Bonchev–Trinajstić information content (AvgIpc) is 2.56. The fourth-order valence-electron chi connectivity index (χ4n) is 2.72. The molecular weight excluding hydrogens is 388 g/mol. The van der Waals surface area contributed by atoms with Crippen LogP contribution in [0.3, 0.4) is 0 Å². The number of amides is 2. The van der Waals surface area contributed by atoms with E-state index in [4.69, 9.17) is 0 Å². The fraction of sp³-hybridized carbons (Fsp3) is 0.647. The number of carboxylic acid groups (broad SMARTS) is 1. The molecule has 0 radical (unpaired) electrons. The molecule has 2 aliphatic rings. The lowest BCUT2D eigenvalue weighted by atomic mass is 10.0. The number of hydrogen-bond donors (Lipinski definition) is 3. The Morgan fingerprint density at radius 3 is 2.59 bits per heavy atom. The van der Waals surface area contributed by atoms with Gasteiger partial charge in [0.25, 0.3) is 5.91 Å². The largest absolute Gasteiger partial charge is 0.477 e. The van der Waals surface area contributed by atoms with Gasteiger partial charge in [-0.25, -0.2) is 4.79 Å². The van der Waals surface area contributed by atoms with E-state index in [-0.39, 0.29) is 40.7 Å². The number of nitrogens with one attached hydrogen (secondary N) is 2. The van der Waals surface area contributed by atoms with Gasteiger partial charge >= 0.3 is 5.97 Å². The van der Waals surface area contributed by atoms with Crippen molar-refractivity contribution < 1.29 is 19.5 Å². The molecule has 1 fully saturated rings. The SMILES string of the molecule is CC1=C(C(=O)O)N2C(=O)[C@@H](NC(=O)CSC(=NC(C)C)NC(C)C)[C@H]2SC1. The Kier molecular flexibility index (Phi) is 7.21. The summed E-state index contributed by atoms with van der Waals surface area (Å²) in [4.78, 5) is 41.8. The maximum atomic E-state index is 12.4. The van der Waals surface area contributed by atoms with Crippen LogP contribution in [0.15, 0.2) is 16.3 Å². The molecule has 2 atom stereocenters. The predicted molar refractivity (Wildman–Crippen MR) is 109 cm³/mol.